The number of urea groups is 1. The van der Waals surface area contributed by atoms with Gasteiger partial charge in [0.1, 0.15) is 12.4 Å². The molecule has 2 amide bonds. The van der Waals surface area contributed by atoms with Crippen molar-refractivity contribution < 1.29 is 18.7 Å². The van der Waals surface area contributed by atoms with Crippen LogP contribution in [0.15, 0.2) is 42.5 Å². The number of halogens is 1. The summed E-state index contributed by atoms with van der Waals surface area (Å²) in [6.07, 6.45) is -0.280. The van der Waals surface area contributed by atoms with Crippen LogP contribution in [-0.2, 0) is 0 Å². The van der Waals surface area contributed by atoms with Crippen LogP contribution in [-0.4, -0.2) is 37.2 Å². The van der Waals surface area contributed by atoms with Crippen LogP contribution in [0.4, 0.5) is 14.9 Å². The van der Waals surface area contributed by atoms with Gasteiger partial charge in [-0.05, 0) is 30.7 Å². The molecular weight excluding hydrogens is 311 g/mol. The van der Waals surface area contributed by atoms with E-state index in [1.54, 1.807) is 26.1 Å². The van der Waals surface area contributed by atoms with E-state index in [2.05, 4.69) is 5.32 Å². The summed E-state index contributed by atoms with van der Waals surface area (Å²) in [7, 11) is 1.63. The molecule has 126 valence electrons. The van der Waals surface area contributed by atoms with E-state index in [9.17, 15) is 9.18 Å². The number of hydrogen-bond acceptors (Lipinski definition) is 3. The number of carbonyl (C=O) groups is 1. The Hall–Kier alpha value is -2.76. The molecule has 3 rings (SSSR count). The normalized spacial score (nSPS) is 15.7. The van der Waals surface area contributed by atoms with E-state index in [1.807, 2.05) is 24.3 Å². The van der Waals surface area contributed by atoms with Crippen LogP contribution in [0.2, 0.25) is 0 Å². The van der Waals surface area contributed by atoms with Crippen molar-refractivity contribution in [3.05, 3.63) is 53.8 Å². The Morgan fingerprint density at radius 1 is 1.25 bits per heavy atom. The molecule has 2 aromatic rings. The molecule has 0 spiro atoms. The Morgan fingerprint density at radius 3 is 2.79 bits per heavy atom. The van der Waals surface area contributed by atoms with Crippen molar-refractivity contribution in [1.82, 2.24) is 4.90 Å². The first kappa shape index (κ1) is 16.1. The van der Waals surface area contributed by atoms with Crippen LogP contribution >= 0.6 is 0 Å². The smallest absolute Gasteiger partial charge is 0.321 e. The first-order chi connectivity index (χ1) is 11.5. The average Bonchev–Trinajstić information content (AvgIpc) is 2.58. The number of nitrogens with zero attached hydrogens (tertiary/aromatic N) is 1. The number of nitrogens with one attached hydrogen (secondary N) is 1. The molecular formula is C18H19FN2O3. The predicted octanol–water partition coefficient (Wildman–Crippen LogP) is 3.44. The quantitative estimate of drug-likeness (QED) is 0.938. The highest BCUT2D eigenvalue weighted by Crippen LogP contribution is 2.31. The minimum atomic E-state index is -0.426. The number of para-hydroxylation sites is 2. The van der Waals surface area contributed by atoms with E-state index in [4.69, 9.17) is 9.47 Å². The van der Waals surface area contributed by atoms with Gasteiger partial charge in [-0.2, -0.15) is 0 Å². The second-order valence-corrected chi connectivity index (χ2v) is 5.74. The zero-order chi connectivity index (χ0) is 17.1. The van der Waals surface area contributed by atoms with Crippen molar-refractivity contribution in [2.24, 2.45) is 0 Å². The third-order valence-electron chi connectivity index (χ3n) is 3.83. The number of hydrogen-bond donors (Lipinski definition) is 1. The number of anilines is 1. The van der Waals surface area contributed by atoms with Gasteiger partial charge in [-0.3, -0.25) is 0 Å². The Bertz CT molecular complexity index is 751. The number of fused-ring (bicyclic) bond motifs is 1. The molecule has 1 aliphatic heterocycles. The molecule has 1 atom stereocenters. The lowest BCUT2D eigenvalue weighted by atomic mass is 10.2. The minimum absolute atomic E-state index is 0.165. The lowest BCUT2D eigenvalue weighted by Gasteiger charge is -2.29. The fourth-order valence-corrected chi connectivity index (χ4v) is 2.50. The van der Waals surface area contributed by atoms with Crippen molar-refractivity contribution in [3.63, 3.8) is 0 Å². The summed E-state index contributed by atoms with van der Waals surface area (Å²) in [6.45, 7) is 2.33. The Morgan fingerprint density at radius 2 is 2.00 bits per heavy atom. The average molecular weight is 330 g/mol. The second kappa shape index (κ2) is 6.78. The van der Waals surface area contributed by atoms with Crippen LogP contribution < -0.4 is 14.8 Å². The van der Waals surface area contributed by atoms with Gasteiger partial charge >= 0.3 is 6.03 Å². The van der Waals surface area contributed by atoms with Gasteiger partial charge in [-0.15, -0.1) is 0 Å². The number of aryl methyl sites for hydroxylation is 1. The van der Waals surface area contributed by atoms with Crippen molar-refractivity contribution >= 4 is 11.7 Å². The Balaban J connectivity index is 1.60. The molecule has 6 heteroatoms. The summed E-state index contributed by atoms with van der Waals surface area (Å²) in [6, 6.07) is 11.9. The molecule has 24 heavy (non-hydrogen) atoms. The van der Waals surface area contributed by atoms with Gasteiger partial charge in [0.15, 0.2) is 17.6 Å². The zero-order valence-corrected chi connectivity index (χ0v) is 13.6. The predicted molar refractivity (Wildman–Crippen MR) is 89.1 cm³/mol. The topological polar surface area (TPSA) is 50.8 Å². The fraction of sp³-hybridized carbons (Fsp3) is 0.278. The van der Waals surface area contributed by atoms with Crippen LogP contribution in [0.3, 0.4) is 0 Å². The number of carbonyl (C=O) groups excluding carboxylic acids is 1. The van der Waals surface area contributed by atoms with E-state index in [1.165, 1.54) is 11.0 Å². The molecule has 5 nitrogen and oxygen atoms in total. The van der Waals surface area contributed by atoms with Gasteiger partial charge in [0.2, 0.25) is 0 Å². The number of likely N-dealkylation sites (N-methyl/N-ethyl adjacent to an activating group) is 1. The third kappa shape index (κ3) is 3.42. The van der Waals surface area contributed by atoms with Crippen LogP contribution in [0.25, 0.3) is 0 Å². The van der Waals surface area contributed by atoms with Gasteiger partial charge in [0.05, 0.1) is 12.2 Å². The van der Waals surface area contributed by atoms with Crippen LogP contribution in [0, 0.1) is 12.7 Å². The van der Waals surface area contributed by atoms with Gasteiger partial charge in [0.25, 0.3) is 0 Å². The van der Waals surface area contributed by atoms with Crippen LogP contribution in [0.1, 0.15) is 5.56 Å². The molecule has 0 aromatic heterocycles. The molecule has 0 saturated heterocycles. The van der Waals surface area contributed by atoms with Crippen molar-refractivity contribution in [2.45, 2.75) is 13.0 Å². The zero-order valence-electron chi connectivity index (χ0n) is 13.6. The highest BCUT2D eigenvalue weighted by atomic mass is 19.1. The lowest BCUT2D eigenvalue weighted by Crippen LogP contribution is -2.43. The first-order valence-electron chi connectivity index (χ1n) is 7.70. The Kier molecular flexibility index (Phi) is 4.55. The summed E-state index contributed by atoms with van der Waals surface area (Å²) in [4.78, 5) is 13.7. The molecule has 1 heterocycles. The van der Waals surface area contributed by atoms with E-state index in [0.29, 0.717) is 30.2 Å². The molecule has 0 radical (unpaired) electrons. The lowest BCUT2D eigenvalue weighted by molar-refractivity contribution is 0.0731. The van der Waals surface area contributed by atoms with E-state index >= 15 is 0 Å². The summed E-state index contributed by atoms with van der Waals surface area (Å²) >= 11 is 0. The largest absolute Gasteiger partial charge is 0.486 e. The minimum Gasteiger partial charge on any atom is -0.486 e. The SMILES string of the molecule is Cc1cccc(NC(=O)N(C)C[C@@H]2COc3ccccc3O2)c1F. The monoisotopic (exact) mass is 330 g/mol. The maximum absolute atomic E-state index is 14.0. The molecule has 1 aliphatic rings. The number of ether oxygens (including phenoxy) is 2. The first-order valence-corrected chi connectivity index (χ1v) is 7.70. The summed E-state index contributed by atoms with van der Waals surface area (Å²) in [5.41, 5.74) is 0.647. The molecule has 0 saturated carbocycles. The van der Waals surface area contributed by atoms with E-state index < -0.39 is 11.8 Å². The maximum Gasteiger partial charge on any atom is 0.321 e. The molecule has 2 aromatic carbocycles. The molecule has 0 bridgehead atoms. The van der Waals surface area contributed by atoms with Crippen LogP contribution in [0.5, 0.6) is 11.5 Å². The molecule has 0 unspecified atom stereocenters. The van der Waals surface area contributed by atoms with E-state index in [0.717, 1.165) is 0 Å². The van der Waals surface area contributed by atoms with Gasteiger partial charge < -0.3 is 19.7 Å². The third-order valence-corrected chi connectivity index (χ3v) is 3.83. The molecule has 0 fully saturated rings. The number of benzene rings is 2. The van der Waals surface area contributed by atoms with Gasteiger partial charge in [-0.25, -0.2) is 9.18 Å². The van der Waals surface area contributed by atoms with Crippen molar-refractivity contribution in [1.29, 1.82) is 0 Å². The number of rotatable bonds is 3. The summed E-state index contributed by atoms with van der Waals surface area (Å²) in [5, 5.41) is 2.58. The Labute approximate surface area is 140 Å². The highest BCUT2D eigenvalue weighted by Gasteiger charge is 2.24. The van der Waals surface area contributed by atoms with Gasteiger partial charge in [-0.1, -0.05) is 24.3 Å². The van der Waals surface area contributed by atoms with Gasteiger partial charge in [0, 0.05) is 7.05 Å². The summed E-state index contributed by atoms with van der Waals surface area (Å²) in [5.74, 6) is 0.931. The fourth-order valence-electron chi connectivity index (χ4n) is 2.50. The van der Waals surface area contributed by atoms with Crippen molar-refractivity contribution in [3.8, 4) is 11.5 Å². The van der Waals surface area contributed by atoms with E-state index in [-0.39, 0.29) is 11.8 Å². The summed E-state index contributed by atoms with van der Waals surface area (Å²) < 4.78 is 25.4. The molecule has 1 N–H and O–H groups in total. The standard InChI is InChI=1S/C18H19FN2O3/c1-12-6-5-7-14(17(12)19)20-18(22)21(2)10-13-11-23-15-8-3-4-9-16(15)24-13/h3-9,13H,10-11H2,1-2H3,(H,20,22)/t13-/m1/s1. The van der Waals surface area contributed by atoms with Crippen molar-refractivity contribution in [2.75, 3.05) is 25.5 Å². The maximum atomic E-state index is 14.0. The second-order valence-electron chi connectivity index (χ2n) is 5.74. The highest BCUT2D eigenvalue weighted by molar-refractivity contribution is 5.89. The number of amides is 2. The molecule has 0 aliphatic carbocycles.